The van der Waals surface area contributed by atoms with Crippen molar-refractivity contribution in [2.24, 2.45) is 0 Å². The molecule has 0 saturated heterocycles. The van der Waals surface area contributed by atoms with E-state index >= 15 is 0 Å². The summed E-state index contributed by atoms with van der Waals surface area (Å²) >= 11 is 0. The monoisotopic (exact) mass is 187 g/mol. The Bertz CT molecular complexity index is 484. The van der Waals surface area contributed by atoms with E-state index in [-0.39, 0.29) is 0 Å². The minimum atomic E-state index is 0.944. The Morgan fingerprint density at radius 1 is 1.50 bits per heavy atom. The van der Waals surface area contributed by atoms with Crippen LogP contribution in [0.4, 0.5) is 0 Å². The number of rotatable bonds is 0. The van der Waals surface area contributed by atoms with Crippen molar-refractivity contribution < 1.29 is 0 Å². The van der Waals surface area contributed by atoms with Gasteiger partial charge in [-0.2, -0.15) is 0 Å². The fourth-order valence-electron chi connectivity index (χ4n) is 2.10. The largest absolute Gasteiger partial charge is 0.311 e. The molecule has 72 valence electrons. The average Bonchev–Trinajstić information content (AvgIpc) is 2.59. The lowest BCUT2D eigenvalue weighted by atomic mass is 10.2. The SMILES string of the molecule is Cc1cccn2c3c(nc12)CCNC3. The molecular formula is C11H13N3. The van der Waals surface area contributed by atoms with E-state index in [0.29, 0.717) is 0 Å². The molecule has 0 unspecified atom stereocenters. The molecule has 0 aromatic carbocycles. The highest BCUT2D eigenvalue weighted by molar-refractivity contribution is 5.50. The third kappa shape index (κ3) is 0.990. The maximum absolute atomic E-state index is 4.68. The molecule has 3 rings (SSSR count). The molecule has 2 aromatic rings. The van der Waals surface area contributed by atoms with Crippen molar-refractivity contribution in [1.29, 1.82) is 0 Å². The van der Waals surface area contributed by atoms with Crippen molar-refractivity contribution in [1.82, 2.24) is 14.7 Å². The summed E-state index contributed by atoms with van der Waals surface area (Å²) in [6, 6.07) is 4.19. The minimum Gasteiger partial charge on any atom is -0.311 e. The third-order valence-corrected chi connectivity index (χ3v) is 2.86. The molecule has 1 aliphatic heterocycles. The fraction of sp³-hybridized carbons (Fsp3) is 0.364. The molecule has 1 aliphatic rings. The van der Waals surface area contributed by atoms with Gasteiger partial charge >= 0.3 is 0 Å². The Morgan fingerprint density at radius 3 is 3.36 bits per heavy atom. The van der Waals surface area contributed by atoms with Gasteiger partial charge in [0.05, 0.1) is 11.4 Å². The Balaban J connectivity index is 2.36. The van der Waals surface area contributed by atoms with Crippen molar-refractivity contribution in [3.63, 3.8) is 0 Å². The molecule has 0 bridgehead atoms. The highest BCUT2D eigenvalue weighted by Gasteiger charge is 2.15. The highest BCUT2D eigenvalue weighted by Crippen LogP contribution is 2.18. The predicted octanol–water partition coefficient (Wildman–Crippen LogP) is 1.29. The number of hydrogen-bond donors (Lipinski definition) is 1. The second-order valence-electron chi connectivity index (χ2n) is 3.82. The molecule has 0 atom stereocenters. The number of aryl methyl sites for hydroxylation is 1. The predicted molar refractivity (Wildman–Crippen MR) is 55.3 cm³/mol. The lowest BCUT2D eigenvalue weighted by Crippen LogP contribution is -2.24. The van der Waals surface area contributed by atoms with Gasteiger partial charge < -0.3 is 9.72 Å². The Kier molecular flexibility index (Phi) is 1.61. The van der Waals surface area contributed by atoms with Gasteiger partial charge in [0.2, 0.25) is 0 Å². The summed E-state index contributed by atoms with van der Waals surface area (Å²) in [6.07, 6.45) is 3.15. The molecule has 0 saturated carbocycles. The van der Waals surface area contributed by atoms with Gasteiger partial charge in [0.1, 0.15) is 5.65 Å². The first kappa shape index (κ1) is 8.00. The van der Waals surface area contributed by atoms with Crippen LogP contribution in [0.5, 0.6) is 0 Å². The van der Waals surface area contributed by atoms with E-state index < -0.39 is 0 Å². The van der Waals surface area contributed by atoms with E-state index in [2.05, 4.69) is 40.0 Å². The molecular weight excluding hydrogens is 174 g/mol. The van der Waals surface area contributed by atoms with Crippen molar-refractivity contribution in [3.05, 3.63) is 35.3 Å². The van der Waals surface area contributed by atoms with Gasteiger partial charge in [-0.3, -0.25) is 0 Å². The first-order valence-corrected chi connectivity index (χ1v) is 5.02. The molecule has 0 spiro atoms. The van der Waals surface area contributed by atoms with E-state index in [1.165, 1.54) is 17.0 Å². The number of pyridine rings is 1. The summed E-state index contributed by atoms with van der Waals surface area (Å²) in [5, 5.41) is 3.38. The van der Waals surface area contributed by atoms with Gasteiger partial charge in [-0.1, -0.05) is 6.07 Å². The second kappa shape index (κ2) is 2.82. The van der Waals surface area contributed by atoms with E-state index in [0.717, 1.165) is 25.2 Å². The first-order valence-electron chi connectivity index (χ1n) is 5.02. The number of aromatic nitrogens is 2. The molecule has 0 amide bonds. The molecule has 14 heavy (non-hydrogen) atoms. The van der Waals surface area contributed by atoms with Crippen molar-refractivity contribution >= 4 is 5.65 Å². The zero-order valence-electron chi connectivity index (χ0n) is 8.25. The van der Waals surface area contributed by atoms with Crippen LogP contribution in [0.1, 0.15) is 17.0 Å². The van der Waals surface area contributed by atoms with Crippen LogP contribution in [-0.2, 0) is 13.0 Å². The number of hydrogen-bond acceptors (Lipinski definition) is 2. The van der Waals surface area contributed by atoms with Gasteiger partial charge in [0.15, 0.2) is 0 Å². The van der Waals surface area contributed by atoms with E-state index in [9.17, 15) is 0 Å². The van der Waals surface area contributed by atoms with E-state index in [1.807, 2.05) is 0 Å². The molecule has 1 N–H and O–H groups in total. The summed E-state index contributed by atoms with van der Waals surface area (Å²) in [5.41, 5.74) is 4.95. The lowest BCUT2D eigenvalue weighted by Gasteiger charge is -2.11. The molecule has 0 fully saturated rings. The van der Waals surface area contributed by atoms with Crippen molar-refractivity contribution in [3.8, 4) is 0 Å². The normalized spacial score (nSPS) is 15.8. The van der Waals surface area contributed by atoms with Crippen LogP contribution in [-0.4, -0.2) is 15.9 Å². The number of imidazole rings is 1. The highest BCUT2D eigenvalue weighted by atomic mass is 15.1. The second-order valence-corrected chi connectivity index (χ2v) is 3.82. The van der Waals surface area contributed by atoms with Crippen molar-refractivity contribution in [2.75, 3.05) is 6.54 Å². The maximum Gasteiger partial charge on any atom is 0.140 e. The molecule has 0 aliphatic carbocycles. The Morgan fingerprint density at radius 2 is 2.43 bits per heavy atom. The van der Waals surface area contributed by atoms with Crippen LogP contribution in [0.15, 0.2) is 18.3 Å². The summed E-state index contributed by atoms with van der Waals surface area (Å²) in [5.74, 6) is 0. The fourth-order valence-corrected chi connectivity index (χ4v) is 2.10. The molecule has 2 aromatic heterocycles. The van der Waals surface area contributed by atoms with Crippen molar-refractivity contribution in [2.45, 2.75) is 19.9 Å². The smallest absolute Gasteiger partial charge is 0.140 e. The summed E-state index contributed by atoms with van der Waals surface area (Å²) in [7, 11) is 0. The minimum absolute atomic E-state index is 0.944. The van der Waals surface area contributed by atoms with Gasteiger partial charge in [0.25, 0.3) is 0 Å². The number of nitrogens with zero attached hydrogens (tertiary/aromatic N) is 2. The molecule has 3 heteroatoms. The quantitative estimate of drug-likeness (QED) is 0.673. The lowest BCUT2D eigenvalue weighted by molar-refractivity contribution is 0.621. The van der Waals surface area contributed by atoms with Crippen LogP contribution in [0.25, 0.3) is 5.65 Å². The van der Waals surface area contributed by atoms with Crippen LogP contribution in [0.2, 0.25) is 0 Å². The Labute approximate surface area is 82.8 Å². The van der Waals surface area contributed by atoms with Gasteiger partial charge in [0, 0.05) is 25.7 Å². The van der Waals surface area contributed by atoms with Gasteiger partial charge in [-0.25, -0.2) is 4.98 Å². The molecule has 3 heterocycles. The maximum atomic E-state index is 4.68. The van der Waals surface area contributed by atoms with Crippen LogP contribution in [0, 0.1) is 6.92 Å². The molecule has 3 nitrogen and oxygen atoms in total. The zero-order valence-corrected chi connectivity index (χ0v) is 8.25. The van der Waals surface area contributed by atoms with Gasteiger partial charge in [-0.05, 0) is 18.6 Å². The standard InChI is InChI=1S/C11H13N3/c1-8-3-2-6-14-10-7-12-5-4-9(10)13-11(8)14/h2-3,6,12H,4-5,7H2,1H3. The van der Waals surface area contributed by atoms with E-state index in [4.69, 9.17) is 0 Å². The Hall–Kier alpha value is -1.35. The first-order chi connectivity index (χ1) is 6.86. The van der Waals surface area contributed by atoms with Crippen LogP contribution >= 0.6 is 0 Å². The zero-order chi connectivity index (χ0) is 9.54. The summed E-state index contributed by atoms with van der Waals surface area (Å²) in [6.45, 7) is 4.11. The van der Waals surface area contributed by atoms with Crippen LogP contribution in [0.3, 0.4) is 0 Å². The summed E-state index contributed by atoms with van der Waals surface area (Å²) in [4.78, 5) is 4.68. The third-order valence-electron chi connectivity index (χ3n) is 2.86. The van der Waals surface area contributed by atoms with Gasteiger partial charge in [-0.15, -0.1) is 0 Å². The summed E-state index contributed by atoms with van der Waals surface area (Å²) < 4.78 is 2.21. The number of fused-ring (bicyclic) bond motifs is 3. The number of nitrogens with one attached hydrogen (secondary N) is 1. The topological polar surface area (TPSA) is 29.3 Å². The molecule has 0 radical (unpaired) electrons. The van der Waals surface area contributed by atoms with E-state index in [1.54, 1.807) is 0 Å². The average molecular weight is 187 g/mol. The van der Waals surface area contributed by atoms with Crippen LogP contribution < -0.4 is 5.32 Å².